The third-order valence-electron chi connectivity index (χ3n) is 13.1. The normalized spacial score (nSPS) is 45.2. The Labute approximate surface area is 293 Å². The van der Waals surface area contributed by atoms with Crippen molar-refractivity contribution in [3.63, 3.8) is 0 Å². The number of carbonyl (C=O) groups is 5. The number of carbonyl (C=O) groups excluding carboxylic acids is 5. The molecule has 6 rings (SSSR count). The van der Waals surface area contributed by atoms with Gasteiger partial charge in [0.2, 0.25) is 0 Å². The molecule has 0 aromatic heterocycles. The van der Waals surface area contributed by atoms with E-state index in [0.717, 1.165) is 31.3 Å². The molecule has 278 valence electrons. The van der Waals surface area contributed by atoms with E-state index < -0.39 is 65.7 Å². The fourth-order valence-corrected chi connectivity index (χ4v) is 11.2. The van der Waals surface area contributed by atoms with E-state index in [1.807, 2.05) is 0 Å². The summed E-state index contributed by atoms with van der Waals surface area (Å²) in [5.41, 5.74) is -0.964. The quantitative estimate of drug-likeness (QED) is 0.231. The lowest BCUT2D eigenvalue weighted by Gasteiger charge is -2.65. The van der Waals surface area contributed by atoms with Crippen LogP contribution in [0.2, 0.25) is 0 Å². The van der Waals surface area contributed by atoms with Gasteiger partial charge < -0.3 is 38.3 Å². The fraction of sp³-hybridized carbons (Fsp3) is 0.811. The predicted molar refractivity (Wildman–Crippen MR) is 173 cm³/mol. The Morgan fingerprint density at radius 3 is 2.10 bits per heavy atom. The molecule has 6 aliphatic rings. The van der Waals surface area contributed by atoms with Crippen molar-refractivity contribution in [1.82, 2.24) is 0 Å². The SMILES string of the molecule is CC(=O)O[C@@H]1[C@@H](OC(C)=O)[C@H](C)O[C@@H](O[C@H]2CC[C@@]3(C)[C@H](CC[C@@H]4[C@@H]3[C@H](OC(C)=O)C[C@]3(C)[C@@H](C5=CC(=O)OC5)CC[C@]43O)C2)[C@@H]1OC(C)=O. The number of esters is 5. The van der Waals surface area contributed by atoms with Gasteiger partial charge in [-0.05, 0) is 87.0 Å². The lowest BCUT2D eigenvalue weighted by molar-refractivity contribution is -0.316. The molecule has 0 spiro atoms. The van der Waals surface area contributed by atoms with Crippen LogP contribution in [0, 0.1) is 34.5 Å². The number of rotatable bonds is 7. The number of fused-ring (bicyclic) bond motifs is 5. The predicted octanol–water partition coefficient (Wildman–Crippen LogP) is 3.71. The van der Waals surface area contributed by atoms with Gasteiger partial charge in [0.1, 0.15) is 12.7 Å². The van der Waals surface area contributed by atoms with Gasteiger partial charge in [0.25, 0.3) is 0 Å². The third-order valence-corrected chi connectivity index (χ3v) is 13.1. The highest BCUT2D eigenvalue weighted by Crippen LogP contribution is 2.70. The largest absolute Gasteiger partial charge is 0.462 e. The van der Waals surface area contributed by atoms with Crippen LogP contribution in [0.25, 0.3) is 0 Å². The molecule has 14 atom stereocenters. The van der Waals surface area contributed by atoms with Crippen LogP contribution in [0.4, 0.5) is 0 Å². The lowest BCUT2D eigenvalue weighted by atomic mass is 9.42. The zero-order valence-electron chi connectivity index (χ0n) is 30.1. The van der Waals surface area contributed by atoms with Crippen LogP contribution in [-0.2, 0) is 57.1 Å². The maximum absolute atomic E-state index is 12.7. The molecule has 4 aliphatic carbocycles. The van der Waals surface area contributed by atoms with Crippen molar-refractivity contribution in [2.75, 3.05) is 6.61 Å². The van der Waals surface area contributed by atoms with Crippen molar-refractivity contribution in [2.45, 2.75) is 148 Å². The number of cyclic esters (lactones) is 1. The van der Waals surface area contributed by atoms with Gasteiger partial charge in [-0.1, -0.05) is 13.8 Å². The maximum Gasteiger partial charge on any atom is 0.331 e. The summed E-state index contributed by atoms with van der Waals surface area (Å²) in [6.45, 7) is 11.4. The standard InChI is InChI=1S/C37H52O13/c1-18-31(47-20(3)39)32(48-21(4)40)33(49-22(5)41)34(45-18)50-25-10-12-35(6)24(15-25)8-9-27-30(35)28(46-19(2)38)16-36(7)26(11-13-37(27,36)43)23-14-29(42)44-17-23/h14,18,24-28,30-34,43H,8-13,15-17H2,1-7H3/t18-,24+,25-,26+,27+,28+,30+,31-,32+,33+,34-,35-,36+,37-/m0/s1. The number of hydrogen-bond donors (Lipinski definition) is 1. The summed E-state index contributed by atoms with van der Waals surface area (Å²) >= 11 is 0. The second-order valence-electron chi connectivity index (χ2n) is 16.0. The van der Waals surface area contributed by atoms with Crippen molar-refractivity contribution in [1.29, 1.82) is 0 Å². The second kappa shape index (κ2) is 13.5. The van der Waals surface area contributed by atoms with E-state index in [-0.39, 0.29) is 53.7 Å². The van der Waals surface area contributed by atoms with Crippen molar-refractivity contribution >= 4 is 29.8 Å². The number of hydrogen-bond acceptors (Lipinski definition) is 13. The molecule has 0 radical (unpaired) electrons. The van der Waals surface area contributed by atoms with Crippen molar-refractivity contribution in [3.05, 3.63) is 11.6 Å². The monoisotopic (exact) mass is 704 g/mol. The van der Waals surface area contributed by atoms with Crippen LogP contribution in [0.15, 0.2) is 11.6 Å². The smallest absolute Gasteiger partial charge is 0.331 e. The van der Waals surface area contributed by atoms with E-state index in [2.05, 4.69) is 13.8 Å². The molecule has 1 saturated heterocycles. The molecule has 0 bridgehead atoms. The minimum atomic E-state index is -1.18. The van der Waals surface area contributed by atoms with E-state index in [9.17, 15) is 29.1 Å². The Morgan fingerprint density at radius 2 is 1.48 bits per heavy atom. The summed E-state index contributed by atoms with van der Waals surface area (Å²) in [4.78, 5) is 60.9. The van der Waals surface area contributed by atoms with Gasteiger partial charge in [0.05, 0.1) is 17.8 Å². The first-order chi connectivity index (χ1) is 23.5. The van der Waals surface area contributed by atoms with E-state index in [1.54, 1.807) is 13.0 Å². The van der Waals surface area contributed by atoms with Gasteiger partial charge in [-0.25, -0.2) is 4.79 Å². The molecule has 50 heavy (non-hydrogen) atoms. The van der Waals surface area contributed by atoms with Gasteiger partial charge in [-0.3, -0.25) is 19.2 Å². The Kier molecular flexibility index (Phi) is 9.93. The minimum Gasteiger partial charge on any atom is -0.462 e. The summed E-state index contributed by atoms with van der Waals surface area (Å²) in [7, 11) is 0. The average molecular weight is 705 g/mol. The molecule has 2 heterocycles. The molecule has 13 nitrogen and oxygen atoms in total. The van der Waals surface area contributed by atoms with Crippen LogP contribution in [0.1, 0.15) is 99.8 Å². The highest BCUT2D eigenvalue weighted by molar-refractivity contribution is 5.85. The number of ether oxygens (including phenoxy) is 7. The van der Waals surface area contributed by atoms with E-state index >= 15 is 0 Å². The van der Waals surface area contributed by atoms with Gasteiger partial charge in [-0.15, -0.1) is 0 Å². The first-order valence-corrected chi connectivity index (χ1v) is 18.1. The third kappa shape index (κ3) is 6.35. The molecule has 13 heteroatoms. The first kappa shape index (κ1) is 36.8. The Bertz CT molecular complexity index is 1430. The van der Waals surface area contributed by atoms with Gasteiger partial charge in [-0.2, -0.15) is 0 Å². The molecule has 0 aromatic carbocycles. The topological polar surface area (TPSA) is 170 Å². The zero-order valence-corrected chi connectivity index (χ0v) is 30.1. The summed E-state index contributed by atoms with van der Waals surface area (Å²) in [6.07, 6.45) is 1.13. The molecule has 1 N–H and O–H groups in total. The van der Waals surface area contributed by atoms with Crippen molar-refractivity contribution < 1.29 is 62.2 Å². The van der Waals surface area contributed by atoms with Gasteiger partial charge in [0.15, 0.2) is 24.6 Å². The van der Waals surface area contributed by atoms with E-state index in [0.29, 0.717) is 25.7 Å². The molecule has 0 aromatic rings. The summed E-state index contributed by atoms with van der Waals surface area (Å²) in [5, 5.41) is 12.7. The van der Waals surface area contributed by atoms with E-state index in [4.69, 9.17) is 33.2 Å². The molecule has 2 aliphatic heterocycles. The van der Waals surface area contributed by atoms with Crippen LogP contribution in [0.3, 0.4) is 0 Å². The molecule has 0 unspecified atom stereocenters. The minimum absolute atomic E-state index is 0.0491. The van der Waals surface area contributed by atoms with Crippen LogP contribution in [0.5, 0.6) is 0 Å². The number of aliphatic hydroxyl groups is 1. The highest BCUT2D eigenvalue weighted by Gasteiger charge is 2.71. The van der Waals surface area contributed by atoms with E-state index in [1.165, 1.54) is 27.7 Å². The lowest BCUT2D eigenvalue weighted by Crippen LogP contribution is -2.67. The maximum atomic E-state index is 12.7. The second-order valence-corrected chi connectivity index (χ2v) is 16.0. The summed E-state index contributed by atoms with van der Waals surface area (Å²) in [5.74, 6) is -2.65. The van der Waals surface area contributed by atoms with Gasteiger partial charge in [0, 0.05) is 45.1 Å². The highest BCUT2D eigenvalue weighted by atomic mass is 16.7. The molecule has 4 saturated carbocycles. The Balaban J connectivity index is 1.24. The van der Waals surface area contributed by atoms with Crippen molar-refractivity contribution in [2.24, 2.45) is 34.5 Å². The molecular weight excluding hydrogens is 652 g/mol. The molecular formula is C37H52O13. The average Bonchev–Trinajstić information content (AvgIpc) is 3.55. The first-order valence-electron chi connectivity index (χ1n) is 18.1. The van der Waals surface area contributed by atoms with Crippen molar-refractivity contribution in [3.8, 4) is 0 Å². The van der Waals surface area contributed by atoms with Gasteiger partial charge >= 0.3 is 29.8 Å². The Hall–Kier alpha value is -3.03. The molecule has 0 amide bonds. The zero-order chi connectivity index (χ0) is 36.3. The van der Waals surface area contributed by atoms with Crippen LogP contribution < -0.4 is 0 Å². The fourth-order valence-electron chi connectivity index (χ4n) is 11.2. The van der Waals surface area contributed by atoms with Crippen LogP contribution in [-0.4, -0.2) is 90.1 Å². The summed E-state index contributed by atoms with van der Waals surface area (Å²) < 4.78 is 40.8. The van der Waals surface area contributed by atoms with Crippen LogP contribution >= 0.6 is 0 Å². The summed E-state index contributed by atoms with van der Waals surface area (Å²) in [6, 6.07) is 0. The Morgan fingerprint density at radius 1 is 0.840 bits per heavy atom. The molecule has 5 fully saturated rings.